The first-order chi connectivity index (χ1) is 11.1. The molecule has 0 aliphatic carbocycles. The van der Waals surface area contributed by atoms with Gasteiger partial charge in [-0.3, -0.25) is 9.69 Å². The third-order valence-electron chi connectivity index (χ3n) is 3.58. The number of benzene rings is 1. The Bertz CT molecular complexity index is 508. The predicted octanol–water partition coefficient (Wildman–Crippen LogP) is 2.60. The van der Waals surface area contributed by atoms with Crippen molar-refractivity contribution in [3.8, 4) is 5.75 Å². The molecule has 1 saturated heterocycles. The Morgan fingerprint density at radius 1 is 1.26 bits per heavy atom. The summed E-state index contributed by atoms with van der Waals surface area (Å²) in [6.07, 6.45) is 2.01. The van der Waals surface area contributed by atoms with Gasteiger partial charge in [-0.1, -0.05) is 23.2 Å². The van der Waals surface area contributed by atoms with E-state index in [9.17, 15) is 4.79 Å². The van der Waals surface area contributed by atoms with E-state index in [2.05, 4.69) is 10.2 Å². The van der Waals surface area contributed by atoms with E-state index in [0.29, 0.717) is 22.3 Å². The van der Waals surface area contributed by atoms with Crippen LogP contribution in [0.25, 0.3) is 0 Å². The number of rotatable bonds is 8. The highest BCUT2D eigenvalue weighted by atomic mass is 35.5. The van der Waals surface area contributed by atoms with E-state index >= 15 is 0 Å². The molecule has 0 atom stereocenters. The molecule has 1 aromatic rings. The largest absolute Gasteiger partial charge is 0.482 e. The number of hydrogen-bond donors (Lipinski definition) is 1. The van der Waals surface area contributed by atoms with Crippen molar-refractivity contribution >= 4 is 29.1 Å². The van der Waals surface area contributed by atoms with Crippen LogP contribution < -0.4 is 10.1 Å². The second-order valence-corrected chi connectivity index (χ2v) is 6.22. The number of halogens is 2. The zero-order valence-corrected chi connectivity index (χ0v) is 14.5. The van der Waals surface area contributed by atoms with Gasteiger partial charge in [0.05, 0.1) is 18.2 Å². The molecular weight excluding hydrogens is 339 g/mol. The van der Waals surface area contributed by atoms with Gasteiger partial charge in [0.1, 0.15) is 5.75 Å². The Kier molecular flexibility index (Phi) is 7.95. The Labute approximate surface area is 146 Å². The molecule has 0 bridgehead atoms. The first-order valence-electron chi connectivity index (χ1n) is 7.80. The number of carbonyl (C=O) groups is 1. The maximum absolute atomic E-state index is 11.7. The number of amides is 1. The summed E-state index contributed by atoms with van der Waals surface area (Å²) in [5, 5.41) is 3.78. The maximum Gasteiger partial charge on any atom is 0.257 e. The van der Waals surface area contributed by atoms with Crippen LogP contribution >= 0.6 is 23.2 Å². The smallest absolute Gasteiger partial charge is 0.257 e. The lowest BCUT2D eigenvalue weighted by Gasteiger charge is -2.26. The van der Waals surface area contributed by atoms with Gasteiger partial charge < -0.3 is 14.8 Å². The van der Waals surface area contributed by atoms with E-state index < -0.39 is 0 Å². The molecule has 1 aliphatic rings. The highest BCUT2D eigenvalue weighted by Crippen LogP contribution is 2.27. The molecule has 7 heteroatoms. The molecule has 0 aromatic heterocycles. The summed E-state index contributed by atoms with van der Waals surface area (Å²) in [5.74, 6) is 0.306. The van der Waals surface area contributed by atoms with Gasteiger partial charge in [0.2, 0.25) is 0 Å². The quantitative estimate of drug-likeness (QED) is 0.724. The molecule has 2 rings (SSSR count). The topological polar surface area (TPSA) is 50.8 Å². The molecule has 1 aliphatic heterocycles. The third-order valence-corrected chi connectivity index (χ3v) is 4.11. The predicted molar refractivity (Wildman–Crippen MR) is 91.5 cm³/mol. The van der Waals surface area contributed by atoms with Crippen molar-refractivity contribution in [2.24, 2.45) is 0 Å². The number of ether oxygens (including phenoxy) is 2. The zero-order chi connectivity index (χ0) is 16.5. The fourth-order valence-electron chi connectivity index (χ4n) is 2.30. The van der Waals surface area contributed by atoms with E-state index in [4.69, 9.17) is 32.7 Å². The van der Waals surface area contributed by atoms with E-state index in [1.165, 1.54) is 0 Å². The molecule has 0 saturated carbocycles. The lowest BCUT2D eigenvalue weighted by Crippen LogP contribution is -2.37. The Morgan fingerprint density at radius 3 is 2.78 bits per heavy atom. The van der Waals surface area contributed by atoms with Gasteiger partial charge in [0.25, 0.3) is 5.91 Å². The van der Waals surface area contributed by atoms with Crippen molar-refractivity contribution in [3.63, 3.8) is 0 Å². The molecule has 5 nitrogen and oxygen atoms in total. The van der Waals surface area contributed by atoms with Crippen molar-refractivity contribution in [3.05, 3.63) is 28.2 Å². The van der Waals surface area contributed by atoms with Gasteiger partial charge in [0.15, 0.2) is 6.61 Å². The minimum atomic E-state index is -0.151. The van der Waals surface area contributed by atoms with Gasteiger partial charge in [-0.15, -0.1) is 0 Å². The summed E-state index contributed by atoms with van der Waals surface area (Å²) < 4.78 is 10.7. The number of unbranched alkanes of at least 4 members (excludes halogenated alkanes) is 1. The van der Waals surface area contributed by atoms with E-state index in [-0.39, 0.29) is 12.5 Å². The number of nitrogens with zero attached hydrogens (tertiary/aromatic N) is 1. The molecule has 1 N–H and O–H groups in total. The number of nitrogens with one attached hydrogen (secondary N) is 1. The zero-order valence-electron chi connectivity index (χ0n) is 13.0. The molecule has 23 heavy (non-hydrogen) atoms. The van der Waals surface area contributed by atoms with E-state index in [1.807, 2.05) is 0 Å². The lowest BCUT2D eigenvalue weighted by molar-refractivity contribution is -0.123. The summed E-state index contributed by atoms with van der Waals surface area (Å²) in [4.78, 5) is 14.1. The van der Waals surface area contributed by atoms with Crippen molar-refractivity contribution in [1.82, 2.24) is 10.2 Å². The van der Waals surface area contributed by atoms with Crippen LogP contribution in [0.4, 0.5) is 0 Å². The standard InChI is InChI=1S/C16H22Cl2N2O3/c17-13-3-4-15(14(18)11-13)23-12-16(21)19-5-1-2-6-20-7-9-22-10-8-20/h3-4,11H,1-2,5-10,12H2,(H,19,21). The number of carbonyl (C=O) groups excluding carboxylic acids is 1. The average Bonchev–Trinajstić information content (AvgIpc) is 2.54. The monoisotopic (exact) mass is 360 g/mol. The van der Waals surface area contributed by atoms with Crippen LogP contribution in [0.3, 0.4) is 0 Å². The highest BCUT2D eigenvalue weighted by Gasteiger charge is 2.09. The van der Waals surface area contributed by atoms with Crippen molar-refractivity contribution in [1.29, 1.82) is 0 Å². The summed E-state index contributed by atoms with van der Waals surface area (Å²) in [6, 6.07) is 4.91. The minimum Gasteiger partial charge on any atom is -0.482 e. The van der Waals surface area contributed by atoms with Crippen molar-refractivity contribution < 1.29 is 14.3 Å². The van der Waals surface area contributed by atoms with Crippen molar-refractivity contribution in [2.45, 2.75) is 12.8 Å². The van der Waals surface area contributed by atoms with Gasteiger partial charge >= 0.3 is 0 Å². The fourth-order valence-corrected chi connectivity index (χ4v) is 2.76. The van der Waals surface area contributed by atoms with Crippen LogP contribution in [0.15, 0.2) is 18.2 Å². The van der Waals surface area contributed by atoms with Gasteiger partial charge in [-0.2, -0.15) is 0 Å². The van der Waals surface area contributed by atoms with Gasteiger partial charge in [-0.05, 0) is 37.6 Å². The molecule has 1 fully saturated rings. The van der Waals surface area contributed by atoms with Gasteiger partial charge in [-0.25, -0.2) is 0 Å². The van der Waals surface area contributed by atoms with Crippen molar-refractivity contribution in [2.75, 3.05) is 46.0 Å². The fraction of sp³-hybridized carbons (Fsp3) is 0.562. The second-order valence-electron chi connectivity index (χ2n) is 5.37. The van der Waals surface area contributed by atoms with E-state index in [1.54, 1.807) is 18.2 Å². The average molecular weight is 361 g/mol. The Balaban J connectivity index is 1.54. The first kappa shape index (κ1) is 18.3. The molecule has 0 unspecified atom stereocenters. The molecular formula is C16H22Cl2N2O3. The lowest BCUT2D eigenvalue weighted by atomic mass is 10.2. The summed E-state index contributed by atoms with van der Waals surface area (Å²) in [7, 11) is 0. The second kappa shape index (κ2) is 9.98. The summed E-state index contributed by atoms with van der Waals surface area (Å²) >= 11 is 11.8. The summed E-state index contributed by atoms with van der Waals surface area (Å²) in [5.41, 5.74) is 0. The molecule has 1 amide bonds. The maximum atomic E-state index is 11.7. The van der Waals surface area contributed by atoms with Crippen LogP contribution in [0.5, 0.6) is 5.75 Å². The van der Waals surface area contributed by atoms with E-state index in [0.717, 1.165) is 45.7 Å². The Hall–Kier alpha value is -1.01. The van der Waals surface area contributed by atoms with Crippen LogP contribution in [0, 0.1) is 0 Å². The van der Waals surface area contributed by atoms with Crippen LogP contribution in [0.2, 0.25) is 10.0 Å². The van der Waals surface area contributed by atoms with Crippen LogP contribution in [-0.2, 0) is 9.53 Å². The highest BCUT2D eigenvalue weighted by molar-refractivity contribution is 6.35. The molecule has 128 valence electrons. The molecule has 0 radical (unpaired) electrons. The SMILES string of the molecule is O=C(COc1ccc(Cl)cc1Cl)NCCCCN1CCOCC1. The Morgan fingerprint density at radius 2 is 2.04 bits per heavy atom. The summed E-state index contributed by atoms with van der Waals surface area (Å²) in [6.45, 7) is 5.30. The normalized spacial score (nSPS) is 15.4. The third kappa shape index (κ3) is 6.96. The first-order valence-corrected chi connectivity index (χ1v) is 8.55. The van der Waals surface area contributed by atoms with Gasteiger partial charge in [0, 0.05) is 24.7 Å². The minimum absolute atomic E-state index is 0.0508. The van der Waals surface area contributed by atoms with Crippen LogP contribution in [0.1, 0.15) is 12.8 Å². The molecule has 1 aromatic carbocycles. The number of morpholine rings is 1. The molecule has 0 spiro atoms. The molecule has 1 heterocycles. The van der Waals surface area contributed by atoms with Crippen LogP contribution in [-0.4, -0.2) is 56.8 Å². The number of hydrogen-bond acceptors (Lipinski definition) is 4.